The van der Waals surface area contributed by atoms with Crippen LogP contribution in [0.3, 0.4) is 0 Å². The van der Waals surface area contributed by atoms with E-state index in [1.54, 1.807) is 11.8 Å². The molecular weight excluding hydrogens is 207 g/mol. The number of unbranched alkanes of at least 4 members (excludes halogenated alkanes) is 7. The van der Waals surface area contributed by atoms with Crippen molar-refractivity contribution in [2.45, 2.75) is 58.3 Å². The van der Waals surface area contributed by atoms with Crippen LogP contribution in [0.4, 0.5) is 0 Å². The molecule has 0 aliphatic carbocycles. The molecule has 0 saturated carbocycles. The van der Waals surface area contributed by atoms with Gasteiger partial charge < -0.3 is 10.0 Å². The maximum atomic E-state index is 8.61. The van der Waals surface area contributed by atoms with Gasteiger partial charge in [0.2, 0.25) is 0 Å². The first-order valence-corrected chi connectivity index (χ1v) is 7.36. The van der Waals surface area contributed by atoms with Crippen LogP contribution in [0.25, 0.3) is 0 Å². The van der Waals surface area contributed by atoms with Gasteiger partial charge >= 0.3 is 7.12 Å². The molecule has 0 saturated heterocycles. The van der Waals surface area contributed by atoms with Crippen LogP contribution in [-0.2, 0) is 0 Å². The van der Waals surface area contributed by atoms with E-state index in [1.807, 2.05) is 0 Å². The number of hydrogen-bond donors (Lipinski definition) is 2. The van der Waals surface area contributed by atoms with Gasteiger partial charge in [0.05, 0.1) is 0 Å². The monoisotopic (exact) mass is 232 g/mol. The molecule has 0 aliphatic rings. The summed E-state index contributed by atoms with van der Waals surface area (Å²) in [7, 11) is -1.14. The molecule has 0 atom stereocenters. The van der Waals surface area contributed by atoms with E-state index in [-0.39, 0.29) is 0 Å². The zero-order chi connectivity index (χ0) is 11.4. The molecule has 0 aromatic heterocycles. The van der Waals surface area contributed by atoms with Crippen LogP contribution in [0.5, 0.6) is 0 Å². The van der Waals surface area contributed by atoms with Crippen molar-refractivity contribution in [1.29, 1.82) is 0 Å². The van der Waals surface area contributed by atoms with E-state index < -0.39 is 7.12 Å². The van der Waals surface area contributed by atoms with Crippen molar-refractivity contribution in [3.63, 3.8) is 0 Å². The lowest BCUT2D eigenvalue weighted by molar-refractivity contribution is 0.415. The second-order valence-corrected chi connectivity index (χ2v) is 5.18. The minimum Gasteiger partial charge on any atom is -0.427 e. The molecule has 0 radical (unpaired) electrons. The minimum absolute atomic E-state index is 0.455. The third-order valence-electron chi connectivity index (χ3n) is 2.41. The van der Waals surface area contributed by atoms with Gasteiger partial charge in [-0.05, 0) is 12.2 Å². The average molecular weight is 232 g/mol. The fraction of sp³-hybridized carbons (Fsp3) is 1.00. The summed E-state index contributed by atoms with van der Waals surface area (Å²) in [6.07, 6.45) is 10.7. The molecule has 0 aliphatic heterocycles. The van der Waals surface area contributed by atoms with Gasteiger partial charge in [-0.1, -0.05) is 51.9 Å². The molecular formula is C11H25BO2S. The molecule has 0 bridgehead atoms. The van der Waals surface area contributed by atoms with Crippen molar-refractivity contribution < 1.29 is 10.0 Å². The van der Waals surface area contributed by atoms with Crippen LogP contribution in [0, 0.1) is 0 Å². The Morgan fingerprint density at radius 2 is 1.40 bits per heavy atom. The maximum Gasteiger partial charge on any atom is 0.461 e. The molecule has 0 amide bonds. The maximum absolute atomic E-state index is 8.61. The molecule has 0 unspecified atom stereocenters. The lowest BCUT2D eigenvalue weighted by Gasteiger charge is -2.02. The molecule has 0 fully saturated rings. The quantitative estimate of drug-likeness (QED) is 0.425. The molecule has 2 N–H and O–H groups in total. The Morgan fingerprint density at radius 1 is 0.867 bits per heavy atom. The van der Waals surface area contributed by atoms with E-state index in [0.717, 1.165) is 5.75 Å². The van der Waals surface area contributed by atoms with Crippen LogP contribution in [0.15, 0.2) is 0 Å². The van der Waals surface area contributed by atoms with Gasteiger partial charge in [-0.3, -0.25) is 0 Å². The molecule has 15 heavy (non-hydrogen) atoms. The van der Waals surface area contributed by atoms with E-state index >= 15 is 0 Å². The highest BCUT2D eigenvalue weighted by Crippen LogP contribution is 2.11. The van der Waals surface area contributed by atoms with E-state index in [2.05, 4.69) is 6.92 Å². The summed E-state index contributed by atoms with van der Waals surface area (Å²) >= 11 is 1.63. The topological polar surface area (TPSA) is 40.5 Å². The lowest BCUT2D eigenvalue weighted by Crippen LogP contribution is -2.14. The van der Waals surface area contributed by atoms with Crippen molar-refractivity contribution in [3.05, 3.63) is 0 Å². The van der Waals surface area contributed by atoms with Gasteiger partial charge in [-0.15, -0.1) is 0 Å². The Hall–Kier alpha value is 0.335. The number of hydrogen-bond acceptors (Lipinski definition) is 3. The summed E-state index contributed by atoms with van der Waals surface area (Å²) in [5.41, 5.74) is 0.455. The van der Waals surface area contributed by atoms with E-state index in [9.17, 15) is 0 Å². The molecule has 0 rings (SSSR count). The summed E-state index contributed by atoms with van der Waals surface area (Å²) in [5.74, 6) is 1.06. The van der Waals surface area contributed by atoms with E-state index in [1.165, 1.54) is 51.4 Å². The smallest absolute Gasteiger partial charge is 0.427 e. The van der Waals surface area contributed by atoms with Crippen LogP contribution < -0.4 is 0 Å². The molecule has 0 aromatic carbocycles. The Morgan fingerprint density at radius 3 is 1.93 bits per heavy atom. The number of rotatable bonds is 11. The van der Waals surface area contributed by atoms with E-state index in [4.69, 9.17) is 10.0 Å². The van der Waals surface area contributed by atoms with Crippen molar-refractivity contribution in [2.75, 3.05) is 11.4 Å². The molecule has 90 valence electrons. The zero-order valence-electron chi connectivity index (χ0n) is 9.95. The third kappa shape index (κ3) is 14.3. The van der Waals surface area contributed by atoms with Gasteiger partial charge in [0.1, 0.15) is 0 Å². The molecule has 2 nitrogen and oxygen atoms in total. The minimum atomic E-state index is -1.14. The summed E-state index contributed by atoms with van der Waals surface area (Å²) in [5, 5.41) is 17.2. The third-order valence-corrected chi connectivity index (χ3v) is 3.52. The van der Waals surface area contributed by atoms with Crippen LogP contribution >= 0.6 is 11.8 Å². The molecule has 0 heterocycles. The summed E-state index contributed by atoms with van der Waals surface area (Å²) in [6.45, 7) is 2.24. The highest BCUT2D eigenvalue weighted by molar-refractivity contribution is 8.00. The second kappa shape index (κ2) is 12.4. The first-order chi connectivity index (χ1) is 7.27. The lowest BCUT2D eigenvalue weighted by atomic mass is 9.98. The summed E-state index contributed by atoms with van der Waals surface area (Å²) < 4.78 is 0. The second-order valence-electron chi connectivity index (χ2n) is 4.03. The summed E-state index contributed by atoms with van der Waals surface area (Å²) in [4.78, 5) is 0. The van der Waals surface area contributed by atoms with Crippen molar-refractivity contribution in [1.82, 2.24) is 0 Å². The van der Waals surface area contributed by atoms with Crippen LogP contribution in [-0.4, -0.2) is 28.6 Å². The van der Waals surface area contributed by atoms with Gasteiger partial charge in [-0.25, -0.2) is 0 Å². The van der Waals surface area contributed by atoms with Gasteiger partial charge in [0.15, 0.2) is 0 Å². The standard InChI is InChI=1S/C11H25BO2S/c1-2-3-4-5-6-7-8-9-10-15-11-12(13)14/h13-14H,2-11H2,1H3. The zero-order valence-corrected chi connectivity index (χ0v) is 10.8. The number of thioether (sulfide) groups is 1. The van der Waals surface area contributed by atoms with Crippen LogP contribution in [0.1, 0.15) is 58.3 Å². The molecule has 0 aromatic rings. The van der Waals surface area contributed by atoms with Crippen molar-refractivity contribution >= 4 is 18.9 Å². The average Bonchev–Trinajstić information content (AvgIpc) is 2.20. The first kappa shape index (κ1) is 15.3. The fourth-order valence-corrected chi connectivity index (χ4v) is 2.31. The largest absolute Gasteiger partial charge is 0.461 e. The summed E-state index contributed by atoms with van der Waals surface area (Å²) in [6, 6.07) is 0. The van der Waals surface area contributed by atoms with Crippen LogP contribution in [0.2, 0.25) is 0 Å². The van der Waals surface area contributed by atoms with Gasteiger partial charge in [-0.2, -0.15) is 11.8 Å². The normalized spacial score (nSPS) is 10.6. The van der Waals surface area contributed by atoms with Gasteiger partial charge in [0.25, 0.3) is 0 Å². The predicted molar refractivity (Wildman–Crippen MR) is 70.1 cm³/mol. The SMILES string of the molecule is CCCCCCCCCCSCB(O)O. The highest BCUT2D eigenvalue weighted by atomic mass is 32.2. The predicted octanol–water partition coefficient (Wildman–Crippen LogP) is 2.87. The Bertz CT molecular complexity index is 123. The Labute approximate surface area is 99.0 Å². The van der Waals surface area contributed by atoms with Gasteiger partial charge in [0, 0.05) is 5.65 Å². The van der Waals surface area contributed by atoms with Crippen molar-refractivity contribution in [3.8, 4) is 0 Å². The Balaban J connectivity index is 2.87. The molecule has 0 spiro atoms. The highest BCUT2D eigenvalue weighted by Gasteiger charge is 2.04. The molecule has 4 heteroatoms. The first-order valence-electron chi connectivity index (χ1n) is 6.21. The fourth-order valence-electron chi connectivity index (χ4n) is 1.53. The van der Waals surface area contributed by atoms with E-state index in [0.29, 0.717) is 5.65 Å². The Kier molecular flexibility index (Phi) is 12.7. The van der Waals surface area contributed by atoms with Crippen molar-refractivity contribution in [2.24, 2.45) is 0 Å².